The van der Waals surface area contributed by atoms with Crippen molar-refractivity contribution >= 4 is 0 Å². The summed E-state index contributed by atoms with van der Waals surface area (Å²) in [6, 6.07) is 0. The van der Waals surface area contributed by atoms with E-state index >= 15 is 0 Å². The fraction of sp³-hybridized carbons (Fsp3) is 1.00. The molecular formula is C27H55NO3. The molecule has 186 valence electrons. The van der Waals surface area contributed by atoms with Gasteiger partial charge in [-0.1, -0.05) is 13.8 Å². The van der Waals surface area contributed by atoms with Crippen LogP contribution in [0.2, 0.25) is 0 Å². The van der Waals surface area contributed by atoms with E-state index in [1.807, 2.05) is 0 Å². The third-order valence-electron chi connectivity index (χ3n) is 6.13. The summed E-state index contributed by atoms with van der Waals surface area (Å²) in [5, 5.41) is 0. The summed E-state index contributed by atoms with van der Waals surface area (Å²) in [5.74, 6) is 1.18. The third kappa shape index (κ3) is 12.6. The average Bonchev–Trinajstić information content (AvgIpc) is 2.43. The SMILES string of the molecule is CC(CCOC1CN(C(C)(C)C)C1)CC(C)(C)OCCC(C)CC(C)(C)OC(C)(C)C. The van der Waals surface area contributed by atoms with E-state index in [1.165, 1.54) is 0 Å². The molecule has 1 rings (SSSR count). The lowest BCUT2D eigenvalue weighted by molar-refractivity contribution is -0.123. The lowest BCUT2D eigenvalue weighted by Crippen LogP contribution is -2.59. The largest absolute Gasteiger partial charge is 0.376 e. The summed E-state index contributed by atoms with van der Waals surface area (Å²) in [6.45, 7) is 30.5. The molecule has 4 nitrogen and oxygen atoms in total. The number of hydrogen-bond donors (Lipinski definition) is 0. The summed E-state index contributed by atoms with van der Waals surface area (Å²) in [4.78, 5) is 2.48. The van der Waals surface area contributed by atoms with E-state index in [0.29, 0.717) is 17.9 Å². The molecule has 31 heavy (non-hydrogen) atoms. The molecular weight excluding hydrogens is 386 g/mol. The molecule has 2 unspecified atom stereocenters. The fourth-order valence-corrected chi connectivity index (χ4v) is 4.88. The molecule has 0 aromatic rings. The fourth-order valence-electron chi connectivity index (χ4n) is 4.88. The van der Waals surface area contributed by atoms with E-state index < -0.39 is 0 Å². The summed E-state index contributed by atoms with van der Waals surface area (Å²) in [5.41, 5.74) is -0.0321. The van der Waals surface area contributed by atoms with Gasteiger partial charge in [0, 0.05) is 31.8 Å². The zero-order valence-electron chi connectivity index (χ0n) is 23.1. The standard InChI is InChI=1S/C27H55NO3/c1-21(13-15-29-23-19-28(20-23)24(3,4)5)17-26(9,10)30-16-14-22(2)18-27(11,12)31-25(6,7)8/h21-23H,13-20H2,1-12H3. The number of likely N-dealkylation sites (tertiary alicyclic amines) is 1. The maximum atomic E-state index is 6.31. The van der Waals surface area contributed by atoms with Gasteiger partial charge >= 0.3 is 0 Å². The monoisotopic (exact) mass is 441 g/mol. The van der Waals surface area contributed by atoms with Crippen LogP contribution in [-0.4, -0.2) is 59.6 Å². The third-order valence-corrected chi connectivity index (χ3v) is 6.13. The smallest absolute Gasteiger partial charge is 0.0829 e. The Morgan fingerprint density at radius 2 is 1.23 bits per heavy atom. The van der Waals surface area contributed by atoms with Crippen LogP contribution in [0.25, 0.3) is 0 Å². The topological polar surface area (TPSA) is 30.9 Å². The number of ether oxygens (including phenoxy) is 3. The van der Waals surface area contributed by atoms with Crippen molar-refractivity contribution < 1.29 is 14.2 Å². The molecule has 0 aromatic heterocycles. The van der Waals surface area contributed by atoms with Crippen LogP contribution in [-0.2, 0) is 14.2 Å². The molecule has 0 bridgehead atoms. The van der Waals surface area contributed by atoms with E-state index in [-0.39, 0.29) is 22.3 Å². The van der Waals surface area contributed by atoms with Crippen molar-refractivity contribution in [1.82, 2.24) is 4.90 Å². The van der Waals surface area contributed by atoms with Gasteiger partial charge in [0.15, 0.2) is 0 Å². The van der Waals surface area contributed by atoms with E-state index in [1.54, 1.807) is 0 Å². The van der Waals surface area contributed by atoms with Crippen molar-refractivity contribution in [3.05, 3.63) is 0 Å². The Kier molecular flexibility index (Phi) is 10.5. The quantitative estimate of drug-likeness (QED) is 0.318. The van der Waals surface area contributed by atoms with Crippen LogP contribution in [0.5, 0.6) is 0 Å². The Morgan fingerprint density at radius 1 is 0.742 bits per heavy atom. The van der Waals surface area contributed by atoms with Crippen LogP contribution < -0.4 is 0 Å². The molecule has 0 aromatic carbocycles. The van der Waals surface area contributed by atoms with E-state index in [0.717, 1.165) is 52.0 Å². The molecule has 0 aliphatic carbocycles. The first-order valence-corrected chi connectivity index (χ1v) is 12.6. The van der Waals surface area contributed by atoms with Gasteiger partial charge in [0.1, 0.15) is 0 Å². The summed E-state index contributed by atoms with van der Waals surface area (Å²) >= 11 is 0. The zero-order valence-corrected chi connectivity index (χ0v) is 23.1. The van der Waals surface area contributed by atoms with Crippen LogP contribution in [0.15, 0.2) is 0 Å². The highest BCUT2D eigenvalue weighted by molar-refractivity contribution is 4.89. The second-order valence-corrected chi connectivity index (χ2v) is 13.3. The van der Waals surface area contributed by atoms with Gasteiger partial charge in [-0.15, -0.1) is 0 Å². The van der Waals surface area contributed by atoms with Gasteiger partial charge in [0.25, 0.3) is 0 Å². The predicted octanol–water partition coefficient (Wildman–Crippen LogP) is 6.71. The zero-order chi connectivity index (χ0) is 24.1. The van der Waals surface area contributed by atoms with Crippen molar-refractivity contribution in [2.24, 2.45) is 11.8 Å². The molecule has 1 saturated heterocycles. The number of rotatable bonds is 13. The van der Waals surface area contributed by atoms with Crippen LogP contribution in [0, 0.1) is 11.8 Å². The van der Waals surface area contributed by atoms with Crippen LogP contribution in [0.1, 0.15) is 109 Å². The number of nitrogens with zero attached hydrogens (tertiary/aromatic N) is 1. The predicted molar refractivity (Wildman–Crippen MR) is 133 cm³/mol. The molecule has 0 spiro atoms. The van der Waals surface area contributed by atoms with Gasteiger partial charge < -0.3 is 14.2 Å². The Labute approximate surface area is 194 Å². The highest BCUT2D eigenvalue weighted by Crippen LogP contribution is 2.29. The minimum Gasteiger partial charge on any atom is -0.376 e. The molecule has 0 saturated carbocycles. The highest BCUT2D eigenvalue weighted by Gasteiger charge is 2.35. The van der Waals surface area contributed by atoms with Gasteiger partial charge in [-0.05, 0) is 107 Å². The van der Waals surface area contributed by atoms with Gasteiger partial charge in [0.2, 0.25) is 0 Å². The van der Waals surface area contributed by atoms with Crippen LogP contribution >= 0.6 is 0 Å². The van der Waals surface area contributed by atoms with Crippen molar-refractivity contribution in [1.29, 1.82) is 0 Å². The second kappa shape index (κ2) is 11.3. The Morgan fingerprint density at radius 3 is 1.71 bits per heavy atom. The molecule has 1 aliphatic heterocycles. The summed E-state index contributed by atoms with van der Waals surface area (Å²) in [7, 11) is 0. The normalized spacial score (nSPS) is 19.4. The van der Waals surface area contributed by atoms with Gasteiger partial charge in [0.05, 0.1) is 22.9 Å². The van der Waals surface area contributed by atoms with E-state index in [2.05, 4.69) is 88.0 Å². The van der Waals surface area contributed by atoms with Crippen molar-refractivity contribution in [2.75, 3.05) is 26.3 Å². The molecule has 1 heterocycles. The first-order chi connectivity index (χ1) is 13.9. The Balaban J connectivity index is 2.21. The maximum Gasteiger partial charge on any atom is 0.0829 e. The maximum absolute atomic E-state index is 6.31. The molecule has 0 radical (unpaired) electrons. The Hall–Kier alpha value is -0.160. The molecule has 2 atom stereocenters. The van der Waals surface area contributed by atoms with E-state index in [9.17, 15) is 0 Å². The molecule has 4 heteroatoms. The van der Waals surface area contributed by atoms with Crippen molar-refractivity contribution in [3.8, 4) is 0 Å². The molecule has 1 aliphatic rings. The lowest BCUT2D eigenvalue weighted by atomic mass is 9.91. The molecule has 1 fully saturated rings. The summed E-state index contributed by atoms with van der Waals surface area (Å²) < 4.78 is 18.6. The van der Waals surface area contributed by atoms with Crippen molar-refractivity contribution in [2.45, 2.75) is 137 Å². The minimum absolute atomic E-state index is 0.0872. The average molecular weight is 442 g/mol. The van der Waals surface area contributed by atoms with E-state index in [4.69, 9.17) is 14.2 Å². The van der Waals surface area contributed by atoms with Gasteiger partial charge in [-0.3, -0.25) is 4.90 Å². The number of hydrogen-bond acceptors (Lipinski definition) is 4. The molecule has 0 amide bonds. The first-order valence-electron chi connectivity index (χ1n) is 12.6. The summed E-state index contributed by atoms with van der Waals surface area (Å²) in [6.07, 6.45) is 4.72. The van der Waals surface area contributed by atoms with Gasteiger partial charge in [-0.25, -0.2) is 0 Å². The minimum atomic E-state index is -0.105. The first kappa shape index (κ1) is 28.9. The van der Waals surface area contributed by atoms with Crippen LogP contribution in [0.4, 0.5) is 0 Å². The van der Waals surface area contributed by atoms with Gasteiger partial charge in [-0.2, -0.15) is 0 Å². The van der Waals surface area contributed by atoms with Crippen LogP contribution in [0.3, 0.4) is 0 Å². The Bertz CT molecular complexity index is 510. The lowest BCUT2D eigenvalue weighted by Gasteiger charge is -2.47. The highest BCUT2D eigenvalue weighted by atomic mass is 16.5. The van der Waals surface area contributed by atoms with Crippen molar-refractivity contribution in [3.63, 3.8) is 0 Å². The molecule has 0 N–H and O–H groups in total. The second-order valence-electron chi connectivity index (χ2n) is 13.3.